The van der Waals surface area contributed by atoms with Crippen LogP contribution in [0.25, 0.3) is 0 Å². The third kappa shape index (κ3) is 10.3. The maximum absolute atomic E-state index is 6.48. The van der Waals surface area contributed by atoms with E-state index in [1.54, 1.807) is 42.7 Å². The second-order valence-electron chi connectivity index (χ2n) is 11.7. The van der Waals surface area contributed by atoms with Gasteiger partial charge in [0.2, 0.25) is 11.5 Å². The van der Waals surface area contributed by atoms with Gasteiger partial charge in [-0.2, -0.15) is 0 Å². The number of hydrogen-bond acceptors (Lipinski definition) is 8. The molecule has 0 aliphatic rings. The summed E-state index contributed by atoms with van der Waals surface area (Å²) in [5.74, 6) is 4.27. The molecule has 8 heteroatoms. The first-order valence-electron chi connectivity index (χ1n) is 16.3. The number of benzene rings is 4. The van der Waals surface area contributed by atoms with Crippen molar-refractivity contribution in [2.24, 2.45) is 11.8 Å². The number of methoxy groups -OCH3 is 6. The van der Waals surface area contributed by atoms with E-state index >= 15 is 0 Å². The van der Waals surface area contributed by atoms with Gasteiger partial charge in [0.15, 0.2) is 23.0 Å². The Balaban J connectivity index is 1.46. The van der Waals surface area contributed by atoms with Gasteiger partial charge in [0.1, 0.15) is 0 Å². The van der Waals surface area contributed by atoms with Gasteiger partial charge < -0.3 is 37.9 Å². The molecule has 0 aliphatic carbocycles. The van der Waals surface area contributed by atoms with Crippen molar-refractivity contribution < 1.29 is 37.9 Å². The predicted octanol–water partition coefficient (Wildman–Crippen LogP) is 7.97. The first kappa shape index (κ1) is 36.4. The van der Waals surface area contributed by atoms with E-state index < -0.39 is 0 Å². The summed E-state index contributed by atoms with van der Waals surface area (Å²) in [6.07, 6.45) is 3.79. The van der Waals surface area contributed by atoms with Crippen LogP contribution in [-0.4, -0.2) is 55.9 Å². The summed E-state index contributed by atoms with van der Waals surface area (Å²) in [5, 5.41) is 0. The molecule has 0 N–H and O–H groups in total. The highest BCUT2D eigenvalue weighted by molar-refractivity contribution is 5.54. The van der Waals surface area contributed by atoms with Gasteiger partial charge in [-0.05, 0) is 84.0 Å². The van der Waals surface area contributed by atoms with Crippen LogP contribution >= 0.6 is 0 Å². The summed E-state index contributed by atoms with van der Waals surface area (Å²) >= 11 is 0. The topological polar surface area (TPSA) is 73.8 Å². The van der Waals surface area contributed by atoms with Crippen LogP contribution in [0.3, 0.4) is 0 Å². The zero-order valence-corrected chi connectivity index (χ0v) is 29.2. The van der Waals surface area contributed by atoms with Crippen molar-refractivity contribution in [1.82, 2.24) is 0 Å². The molecular formula is C40H50O8. The Bertz CT molecular complexity index is 1460. The molecule has 0 spiro atoms. The largest absolute Gasteiger partial charge is 0.493 e. The Kier molecular flexibility index (Phi) is 14.7. The zero-order valence-electron chi connectivity index (χ0n) is 29.2. The molecule has 0 amide bonds. The minimum Gasteiger partial charge on any atom is -0.493 e. The third-order valence-corrected chi connectivity index (χ3v) is 8.53. The second kappa shape index (κ2) is 19.4. The molecule has 0 aromatic heterocycles. The van der Waals surface area contributed by atoms with Crippen molar-refractivity contribution in [2.75, 3.05) is 55.9 Å². The standard InChI is InChI=1S/C40H50O8/c1-41-35-22-31(23-36(42-2)39(35)45-5)26-47-19-13-18-33(20-29-14-9-7-10-15-29)34(21-30-16-11-8-12-17-30)28-48-27-32-24-37(43-3)40(46-6)38(25-32)44-4/h7-12,14-17,22-25,33-34H,13,18-21,26-28H2,1-6H3/t33-,34+/m0/s1. The number of hydrogen-bond donors (Lipinski definition) is 0. The Hall–Kier alpha value is -4.40. The van der Waals surface area contributed by atoms with Crippen molar-refractivity contribution in [3.8, 4) is 34.5 Å². The van der Waals surface area contributed by atoms with Crippen LogP contribution in [0.4, 0.5) is 0 Å². The summed E-state index contributed by atoms with van der Waals surface area (Å²) in [6.45, 7) is 2.12. The molecule has 0 radical (unpaired) electrons. The summed E-state index contributed by atoms with van der Waals surface area (Å²) < 4.78 is 45.8. The third-order valence-electron chi connectivity index (χ3n) is 8.53. The van der Waals surface area contributed by atoms with Crippen LogP contribution in [0.1, 0.15) is 35.1 Å². The molecule has 0 bridgehead atoms. The second-order valence-corrected chi connectivity index (χ2v) is 11.7. The predicted molar refractivity (Wildman–Crippen MR) is 188 cm³/mol. The van der Waals surface area contributed by atoms with Crippen LogP contribution in [0, 0.1) is 11.8 Å². The van der Waals surface area contributed by atoms with E-state index in [9.17, 15) is 0 Å². The van der Waals surface area contributed by atoms with Crippen molar-refractivity contribution >= 4 is 0 Å². The highest BCUT2D eigenvalue weighted by Crippen LogP contribution is 2.39. The molecular weight excluding hydrogens is 608 g/mol. The van der Waals surface area contributed by atoms with Gasteiger partial charge in [0.25, 0.3) is 0 Å². The van der Waals surface area contributed by atoms with Gasteiger partial charge in [-0.25, -0.2) is 0 Å². The quantitative estimate of drug-likeness (QED) is 0.0835. The van der Waals surface area contributed by atoms with Crippen LogP contribution in [0.5, 0.6) is 34.5 Å². The molecule has 2 atom stereocenters. The summed E-state index contributed by atoms with van der Waals surface area (Å²) in [5.41, 5.74) is 4.55. The van der Waals surface area contributed by atoms with Crippen molar-refractivity contribution in [3.05, 3.63) is 107 Å². The Morgan fingerprint density at radius 2 is 0.875 bits per heavy atom. The van der Waals surface area contributed by atoms with Crippen LogP contribution < -0.4 is 28.4 Å². The highest BCUT2D eigenvalue weighted by atomic mass is 16.5. The summed E-state index contributed by atoms with van der Waals surface area (Å²) in [4.78, 5) is 0. The lowest BCUT2D eigenvalue weighted by atomic mass is 9.80. The van der Waals surface area contributed by atoms with E-state index in [1.165, 1.54) is 11.1 Å². The average Bonchev–Trinajstić information content (AvgIpc) is 3.13. The normalized spacial score (nSPS) is 12.2. The molecule has 4 aromatic rings. The minimum atomic E-state index is 0.282. The van der Waals surface area contributed by atoms with Crippen LogP contribution in [-0.2, 0) is 35.5 Å². The Morgan fingerprint density at radius 1 is 0.458 bits per heavy atom. The van der Waals surface area contributed by atoms with Crippen LogP contribution in [0.15, 0.2) is 84.9 Å². The first-order chi connectivity index (χ1) is 23.5. The van der Waals surface area contributed by atoms with Gasteiger partial charge in [0.05, 0.1) is 62.5 Å². The van der Waals surface area contributed by atoms with E-state index in [4.69, 9.17) is 37.9 Å². The minimum absolute atomic E-state index is 0.282. The number of ether oxygens (including phenoxy) is 8. The first-order valence-corrected chi connectivity index (χ1v) is 16.3. The molecule has 8 nitrogen and oxygen atoms in total. The lowest BCUT2D eigenvalue weighted by Gasteiger charge is -2.28. The van der Waals surface area contributed by atoms with Gasteiger partial charge in [-0.15, -0.1) is 0 Å². The van der Waals surface area contributed by atoms with E-state index in [0.29, 0.717) is 66.8 Å². The average molecular weight is 659 g/mol. The molecule has 4 aromatic carbocycles. The highest BCUT2D eigenvalue weighted by Gasteiger charge is 2.24. The Labute approximate surface area is 285 Å². The van der Waals surface area contributed by atoms with E-state index in [0.717, 1.165) is 36.8 Å². The maximum atomic E-state index is 6.48. The molecule has 4 rings (SSSR count). The molecule has 0 aliphatic heterocycles. The molecule has 0 heterocycles. The number of rotatable bonds is 21. The maximum Gasteiger partial charge on any atom is 0.203 e. The molecule has 48 heavy (non-hydrogen) atoms. The van der Waals surface area contributed by atoms with Crippen LogP contribution in [0.2, 0.25) is 0 Å². The van der Waals surface area contributed by atoms with E-state index in [1.807, 2.05) is 24.3 Å². The van der Waals surface area contributed by atoms with Crippen molar-refractivity contribution in [2.45, 2.75) is 38.9 Å². The lowest BCUT2D eigenvalue weighted by Crippen LogP contribution is -2.25. The zero-order chi connectivity index (χ0) is 34.1. The van der Waals surface area contributed by atoms with E-state index in [2.05, 4.69) is 60.7 Å². The molecule has 258 valence electrons. The van der Waals surface area contributed by atoms with Gasteiger partial charge in [-0.3, -0.25) is 0 Å². The fraction of sp³-hybridized carbons (Fsp3) is 0.400. The molecule has 0 saturated carbocycles. The van der Waals surface area contributed by atoms with E-state index in [-0.39, 0.29) is 5.92 Å². The smallest absolute Gasteiger partial charge is 0.203 e. The molecule has 0 saturated heterocycles. The summed E-state index contributed by atoms with van der Waals surface area (Å²) in [7, 11) is 9.70. The molecule has 0 fully saturated rings. The van der Waals surface area contributed by atoms with Gasteiger partial charge >= 0.3 is 0 Å². The lowest BCUT2D eigenvalue weighted by molar-refractivity contribution is 0.0578. The Morgan fingerprint density at radius 3 is 1.29 bits per heavy atom. The fourth-order valence-corrected chi connectivity index (χ4v) is 6.10. The van der Waals surface area contributed by atoms with Gasteiger partial charge in [-0.1, -0.05) is 60.7 Å². The fourth-order valence-electron chi connectivity index (χ4n) is 6.10. The van der Waals surface area contributed by atoms with Gasteiger partial charge in [0, 0.05) is 6.61 Å². The molecule has 0 unspecified atom stereocenters. The van der Waals surface area contributed by atoms with Crippen molar-refractivity contribution in [3.63, 3.8) is 0 Å². The van der Waals surface area contributed by atoms with Crippen molar-refractivity contribution in [1.29, 1.82) is 0 Å². The summed E-state index contributed by atoms with van der Waals surface area (Å²) in [6, 6.07) is 29.1. The monoisotopic (exact) mass is 658 g/mol. The SMILES string of the molecule is COc1cc(COCCC[C@@H](Cc2ccccc2)[C@@H](COCc2cc(OC)c(OC)c(OC)c2)Cc2ccccc2)cc(OC)c1OC.